The van der Waals surface area contributed by atoms with Crippen LogP contribution in [0.5, 0.6) is 5.88 Å². The largest absolute Gasteiger partial charge is 0.471 e. The average molecular weight is 458 g/mol. The highest BCUT2D eigenvalue weighted by Gasteiger charge is 2.22. The second kappa shape index (κ2) is 9.57. The molecule has 11 heteroatoms. The first-order chi connectivity index (χ1) is 15.8. The van der Waals surface area contributed by atoms with Crippen LogP contribution < -0.4 is 15.4 Å². The molecule has 1 aliphatic heterocycles. The monoisotopic (exact) mass is 458 g/mol. The van der Waals surface area contributed by atoms with E-state index in [2.05, 4.69) is 25.7 Å². The Morgan fingerprint density at radius 1 is 1.33 bits per heavy atom. The quantitative estimate of drug-likeness (QED) is 0.520. The van der Waals surface area contributed by atoms with Crippen LogP contribution in [0.15, 0.2) is 30.7 Å². The summed E-state index contributed by atoms with van der Waals surface area (Å²) in [5.74, 6) is -0.0731. The summed E-state index contributed by atoms with van der Waals surface area (Å²) in [6.45, 7) is 7.00. The number of halogens is 1. The molecule has 3 aromatic heterocycles. The van der Waals surface area contributed by atoms with Crippen molar-refractivity contribution in [3.63, 3.8) is 0 Å². The van der Waals surface area contributed by atoms with Gasteiger partial charge in [-0.05, 0) is 32.9 Å². The van der Waals surface area contributed by atoms with Crippen molar-refractivity contribution in [1.29, 1.82) is 0 Å². The number of hydrogen-bond donors (Lipinski definition) is 2. The van der Waals surface area contributed by atoms with Crippen molar-refractivity contribution in [3.8, 4) is 17.0 Å². The van der Waals surface area contributed by atoms with E-state index < -0.39 is 17.5 Å². The third-order valence-corrected chi connectivity index (χ3v) is 4.76. The van der Waals surface area contributed by atoms with Crippen LogP contribution in [-0.2, 0) is 9.47 Å². The Labute approximate surface area is 190 Å². The molecule has 33 heavy (non-hydrogen) atoms. The number of fused-ring (bicyclic) bond motifs is 1. The van der Waals surface area contributed by atoms with Gasteiger partial charge in [0.15, 0.2) is 17.3 Å². The molecule has 10 nitrogen and oxygen atoms in total. The Hall–Kier alpha value is -3.47. The maximum absolute atomic E-state index is 14.5. The highest BCUT2D eigenvalue weighted by Crippen LogP contribution is 2.32. The van der Waals surface area contributed by atoms with Crippen LogP contribution in [0.2, 0.25) is 0 Å². The molecular weight excluding hydrogens is 431 g/mol. The van der Waals surface area contributed by atoms with Gasteiger partial charge in [0.1, 0.15) is 11.7 Å². The molecule has 1 atom stereocenters. The maximum atomic E-state index is 14.5. The minimum atomic E-state index is -0.589. The van der Waals surface area contributed by atoms with E-state index in [1.54, 1.807) is 39.2 Å². The number of pyridine rings is 1. The first-order valence-electron chi connectivity index (χ1n) is 10.7. The Kier molecular flexibility index (Phi) is 6.59. The molecule has 0 saturated carbocycles. The van der Waals surface area contributed by atoms with Gasteiger partial charge in [-0.2, -0.15) is 5.10 Å². The van der Waals surface area contributed by atoms with Gasteiger partial charge in [-0.3, -0.25) is 0 Å². The first-order valence-corrected chi connectivity index (χ1v) is 10.7. The fourth-order valence-corrected chi connectivity index (χ4v) is 3.32. The topological polar surface area (TPSA) is 112 Å². The van der Waals surface area contributed by atoms with E-state index in [1.165, 1.54) is 10.7 Å². The summed E-state index contributed by atoms with van der Waals surface area (Å²) < 4.78 is 32.5. The van der Waals surface area contributed by atoms with E-state index in [1.807, 2.05) is 6.07 Å². The molecule has 1 fully saturated rings. The van der Waals surface area contributed by atoms with Crippen LogP contribution in [0.3, 0.4) is 0 Å². The van der Waals surface area contributed by atoms with Crippen LogP contribution in [0.25, 0.3) is 16.8 Å². The lowest BCUT2D eigenvalue weighted by molar-refractivity contribution is 0.0530. The molecule has 0 radical (unpaired) electrons. The zero-order valence-electron chi connectivity index (χ0n) is 18.8. The fourth-order valence-electron chi connectivity index (χ4n) is 3.32. The van der Waals surface area contributed by atoms with Gasteiger partial charge < -0.3 is 24.8 Å². The summed E-state index contributed by atoms with van der Waals surface area (Å²) in [5, 5.41) is 9.75. The third kappa shape index (κ3) is 5.67. The highest BCUT2D eigenvalue weighted by atomic mass is 19.1. The number of nitrogens with one attached hydrogen (secondary N) is 2. The molecule has 2 N–H and O–H groups in total. The van der Waals surface area contributed by atoms with Gasteiger partial charge in [0.25, 0.3) is 0 Å². The maximum Gasteiger partial charge on any atom is 0.407 e. The number of anilines is 1. The van der Waals surface area contributed by atoms with Crippen molar-refractivity contribution in [1.82, 2.24) is 24.9 Å². The van der Waals surface area contributed by atoms with Gasteiger partial charge in [0, 0.05) is 31.3 Å². The van der Waals surface area contributed by atoms with Crippen LogP contribution >= 0.6 is 0 Å². The standard InChI is InChI=1S/C22H27FN6O4/c1-22(2,3)33-21(30)26-9-8-24-18-17(23)12-29-19(28-18)16(11-27-29)15-5-4-7-25-20(15)32-14-6-10-31-13-14/h4-5,7,11-12,14H,6,8-10,13H2,1-3H3,(H,24,28)(H,26,30). The molecule has 1 saturated heterocycles. The Balaban J connectivity index is 1.49. The van der Waals surface area contributed by atoms with Crippen molar-refractivity contribution in [2.24, 2.45) is 0 Å². The van der Waals surface area contributed by atoms with E-state index in [9.17, 15) is 9.18 Å². The number of rotatable bonds is 7. The van der Waals surface area contributed by atoms with Gasteiger partial charge in [-0.15, -0.1) is 0 Å². The third-order valence-electron chi connectivity index (χ3n) is 4.76. The van der Waals surface area contributed by atoms with E-state index in [0.29, 0.717) is 35.9 Å². The summed E-state index contributed by atoms with van der Waals surface area (Å²) in [7, 11) is 0. The van der Waals surface area contributed by atoms with Crippen molar-refractivity contribution in [2.45, 2.75) is 38.9 Å². The van der Waals surface area contributed by atoms with Gasteiger partial charge in [-0.1, -0.05) is 0 Å². The van der Waals surface area contributed by atoms with Crippen molar-refractivity contribution >= 4 is 17.6 Å². The molecule has 0 bridgehead atoms. The number of amides is 1. The second-order valence-electron chi connectivity index (χ2n) is 8.58. The lowest BCUT2D eigenvalue weighted by Crippen LogP contribution is -2.35. The van der Waals surface area contributed by atoms with Crippen LogP contribution in [0.1, 0.15) is 27.2 Å². The number of carbonyl (C=O) groups is 1. The molecule has 3 aromatic rings. The molecule has 0 aliphatic carbocycles. The SMILES string of the molecule is CC(C)(C)OC(=O)NCCNc1nc2c(-c3cccnc3OC3CCOC3)cnn2cc1F. The molecule has 1 unspecified atom stereocenters. The second-order valence-corrected chi connectivity index (χ2v) is 8.58. The minimum Gasteiger partial charge on any atom is -0.471 e. The number of ether oxygens (including phenoxy) is 3. The molecule has 4 heterocycles. The number of alkyl carbamates (subject to hydrolysis) is 1. The van der Waals surface area contributed by atoms with Crippen LogP contribution in [0, 0.1) is 5.82 Å². The predicted molar refractivity (Wildman–Crippen MR) is 119 cm³/mol. The molecule has 176 valence electrons. The number of aromatic nitrogens is 4. The van der Waals surface area contributed by atoms with E-state index in [4.69, 9.17) is 14.2 Å². The van der Waals surface area contributed by atoms with Crippen LogP contribution in [-0.4, -0.2) is 63.7 Å². The summed E-state index contributed by atoms with van der Waals surface area (Å²) >= 11 is 0. The van der Waals surface area contributed by atoms with Gasteiger partial charge in [-0.25, -0.2) is 23.7 Å². The molecule has 4 rings (SSSR count). The molecular formula is C22H27FN6O4. The summed E-state index contributed by atoms with van der Waals surface area (Å²) in [5.41, 5.74) is 1.22. The first kappa shape index (κ1) is 22.7. The zero-order valence-corrected chi connectivity index (χ0v) is 18.8. The van der Waals surface area contributed by atoms with Crippen molar-refractivity contribution < 1.29 is 23.4 Å². The molecule has 1 aliphatic rings. The molecule has 0 spiro atoms. The van der Waals surface area contributed by atoms with Gasteiger partial charge in [0.05, 0.1) is 31.2 Å². The summed E-state index contributed by atoms with van der Waals surface area (Å²) in [6, 6.07) is 3.65. The lowest BCUT2D eigenvalue weighted by Gasteiger charge is -2.19. The highest BCUT2D eigenvalue weighted by molar-refractivity contribution is 5.80. The average Bonchev–Trinajstić information content (AvgIpc) is 3.40. The van der Waals surface area contributed by atoms with E-state index in [-0.39, 0.29) is 25.0 Å². The Bertz CT molecular complexity index is 1120. The van der Waals surface area contributed by atoms with E-state index >= 15 is 0 Å². The number of nitrogens with zero attached hydrogens (tertiary/aromatic N) is 4. The molecule has 1 amide bonds. The van der Waals surface area contributed by atoms with Crippen molar-refractivity contribution in [3.05, 3.63) is 36.5 Å². The number of hydrogen-bond acceptors (Lipinski definition) is 8. The van der Waals surface area contributed by atoms with Crippen molar-refractivity contribution in [2.75, 3.05) is 31.6 Å². The predicted octanol–water partition coefficient (Wildman–Crippen LogP) is 3.03. The van der Waals surface area contributed by atoms with Gasteiger partial charge >= 0.3 is 6.09 Å². The Morgan fingerprint density at radius 2 is 2.18 bits per heavy atom. The fraction of sp³-hybridized carbons (Fsp3) is 0.455. The minimum absolute atomic E-state index is 0.0470. The van der Waals surface area contributed by atoms with Gasteiger partial charge in [0.2, 0.25) is 5.88 Å². The number of carbonyl (C=O) groups excluding carboxylic acids is 1. The summed E-state index contributed by atoms with van der Waals surface area (Å²) in [6.07, 6.45) is 4.68. The normalized spacial score (nSPS) is 16.1. The summed E-state index contributed by atoms with van der Waals surface area (Å²) in [4.78, 5) is 20.5. The lowest BCUT2D eigenvalue weighted by atomic mass is 10.1. The smallest absolute Gasteiger partial charge is 0.407 e. The van der Waals surface area contributed by atoms with E-state index in [0.717, 1.165) is 6.42 Å². The zero-order chi connectivity index (χ0) is 23.4. The molecule has 0 aromatic carbocycles. The van der Waals surface area contributed by atoms with Crippen LogP contribution in [0.4, 0.5) is 15.0 Å². The Morgan fingerprint density at radius 3 is 2.94 bits per heavy atom.